The van der Waals surface area contributed by atoms with Gasteiger partial charge in [0.15, 0.2) is 0 Å². The summed E-state index contributed by atoms with van der Waals surface area (Å²) in [6.45, 7) is -0.185. The standard InChI is InChI=1S/C24H20N2O5S/c1-31-18-12-13-21-20(14-18)24(28)22(32(29,30)19-10-6-3-7-11-19)15-26(21)16-23(27)25-17-8-4-2-5-9-17/h2-15H,16H2,1H3,(H,25,27). The molecule has 0 saturated carbocycles. The predicted molar refractivity (Wildman–Crippen MR) is 122 cm³/mol. The number of anilines is 1. The summed E-state index contributed by atoms with van der Waals surface area (Å²) in [5.41, 5.74) is 0.384. The summed E-state index contributed by atoms with van der Waals surface area (Å²) >= 11 is 0. The molecule has 0 radical (unpaired) electrons. The third-order valence-electron chi connectivity index (χ3n) is 4.97. The van der Waals surface area contributed by atoms with Gasteiger partial charge in [0.05, 0.1) is 22.9 Å². The molecule has 0 bridgehead atoms. The second kappa shape index (κ2) is 8.68. The lowest BCUT2D eigenvalue weighted by molar-refractivity contribution is -0.116. The molecular formula is C24H20N2O5S. The van der Waals surface area contributed by atoms with Gasteiger partial charge in [-0.15, -0.1) is 0 Å². The molecule has 1 heterocycles. The summed E-state index contributed by atoms with van der Waals surface area (Å²) in [5, 5.41) is 2.92. The van der Waals surface area contributed by atoms with Crippen LogP contribution in [-0.2, 0) is 21.2 Å². The number of amides is 1. The lowest BCUT2D eigenvalue weighted by atomic mass is 10.2. The van der Waals surface area contributed by atoms with Crippen LogP contribution >= 0.6 is 0 Å². The average molecular weight is 449 g/mol. The third kappa shape index (κ3) is 4.13. The Labute approximate surface area is 184 Å². The van der Waals surface area contributed by atoms with E-state index in [9.17, 15) is 18.0 Å². The van der Waals surface area contributed by atoms with Crippen LogP contribution in [0.1, 0.15) is 0 Å². The minimum atomic E-state index is -4.10. The van der Waals surface area contributed by atoms with Crippen LogP contribution in [0.5, 0.6) is 5.75 Å². The monoisotopic (exact) mass is 448 g/mol. The van der Waals surface area contributed by atoms with Gasteiger partial charge in [0.2, 0.25) is 21.2 Å². The Hall–Kier alpha value is -3.91. The third-order valence-corrected chi connectivity index (χ3v) is 6.73. The van der Waals surface area contributed by atoms with Crippen molar-refractivity contribution in [2.45, 2.75) is 16.3 Å². The molecule has 0 fully saturated rings. The van der Waals surface area contributed by atoms with Crippen molar-refractivity contribution in [3.63, 3.8) is 0 Å². The quantitative estimate of drug-likeness (QED) is 0.487. The highest BCUT2D eigenvalue weighted by atomic mass is 32.2. The van der Waals surface area contributed by atoms with Crippen LogP contribution in [0.3, 0.4) is 0 Å². The zero-order chi connectivity index (χ0) is 22.7. The van der Waals surface area contributed by atoms with Gasteiger partial charge in [-0.05, 0) is 42.5 Å². The minimum absolute atomic E-state index is 0.000340. The Kier molecular flexibility index (Phi) is 5.79. The van der Waals surface area contributed by atoms with Crippen LogP contribution in [0.15, 0.2) is 99.6 Å². The Morgan fingerprint density at radius 3 is 2.28 bits per heavy atom. The van der Waals surface area contributed by atoms with Crippen molar-refractivity contribution in [2.24, 2.45) is 0 Å². The number of nitrogens with one attached hydrogen (secondary N) is 1. The molecule has 162 valence electrons. The first-order chi connectivity index (χ1) is 15.4. The number of methoxy groups -OCH3 is 1. The number of carbonyl (C=O) groups excluding carboxylic acids is 1. The lowest BCUT2D eigenvalue weighted by Gasteiger charge is -2.15. The highest BCUT2D eigenvalue weighted by Gasteiger charge is 2.24. The first-order valence-electron chi connectivity index (χ1n) is 9.76. The molecule has 0 aliphatic carbocycles. The number of benzene rings is 3. The molecule has 7 nitrogen and oxygen atoms in total. The number of sulfone groups is 1. The predicted octanol–water partition coefficient (Wildman–Crippen LogP) is 3.48. The van der Waals surface area contributed by atoms with Crippen LogP contribution in [-0.4, -0.2) is 26.0 Å². The molecule has 0 aliphatic rings. The van der Waals surface area contributed by atoms with Gasteiger partial charge >= 0.3 is 0 Å². The number of ether oxygens (including phenoxy) is 1. The summed E-state index contributed by atoms with van der Waals surface area (Å²) in [7, 11) is -2.65. The highest BCUT2D eigenvalue weighted by Crippen LogP contribution is 2.24. The second-order valence-electron chi connectivity index (χ2n) is 7.06. The highest BCUT2D eigenvalue weighted by molar-refractivity contribution is 7.91. The summed E-state index contributed by atoms with van der Waals surface area (Å²) < 4.78 is 33.1. The molecule has 0 aliphatic heterocycles. The van der Waals surface area contributed by atoms with Crippen molar-refractivity contribution in [1.82, 2.24) is 4.57 Å². The normalized spacial score (nSPS) is 11.3. The molecule has 1 aromatic heterocycles. The molecule has 0 unspecified atom stereocenters. The maximum absolute atomic E-state index is 13.2. The Morgan fingerprint density at radius 1 is 0.969 bits per heavy atom. The van der Waals surface area contributed by atoms with Crippen molar-refractivity contribution < 1.29 is 17.9 Å². The van der Waals surface area contributed by atoms with Gasteiger partial charge in [0, 0.05) is 11.9 Å². The topological polar surface area (TPSA) is 94.5 Å². The van der Waals surface area contributed by atoms with E-state index in [2.05, 4.69) is 5.32 Å². The molecule has 0 spiro atoms. The number of pyridine rings is 1. The van der Waals surface area contributed by atoms with E-state index >= 15 is 0 Å². The summed E-state index contributed by atoms with van der Waals surface area (Å²) in [6, 6.07) is 21.4. The minimum Gasteiger partial charge on any atom is -0.497 e. The van der Waals surface area contributed by atoms with Gasteiger partial charge in [0.1, 0.15) is 17.2 Å². The van der Waals surface area contributed by atoms with E-state index < -0.39 is 20.2 Å². The van der Waals surface area contributed by atoms with Crippen molar-refractivity contribution >= 4 is 32.3 Å². The molecule has 3 aromatic carbocycles. The first kappa shape index (κ1) is 21.3. The van der Waals surface area contributed by atoms with E-state index in [1.807, 2.05) is 6.07 Å². The second-order valence-corrected chi connectivity index (χ2v) is 8.98. The Bertz CT molecular complexity index is 1450. The molecule has 0 saturated heterocycles. The number of aromatic nitrogens is 1. The van der Waals surface area contributed by atoms with Crippen LogP contribution < -0.4 is 15.5 Å². The fraction of sp³-hybridized carbons (Fsp3) is 0.0833. The smallest absolute Gasteiger partial charge is 0.244 e. The van der Waals surface area contributed by atoms with Crippen molar-refractivity contribution in [1.29, 1.82) is 0 Å². The van der Waals surface area contributed by atoms with Crippen molar-refractivity contribution in [2.75, 3.05) is 12.4 Å². The summed E-state index contributed by atoms with van der Waals surface area (Å²) in [4.78, 5) is 25.5. The van der Waals surface area contributed by atoms with Gasteiger partial charge < -0.3 is 14.6 Å². The number of nitrogens with zero attached hydrogens (tertiary/aromatic N) is 1. The molecule has 4 aromatic rings. The maximum Gasteiger partial charge on any atom is 0.244 e. The largest absolute Gasteiger partial charge is 0.497 e. The summed E-state index contributed by atoms with van der Waals surface area (Å²) in [5.74, 6) is 0.0455. The number of fused-ring (bicyclic) bond motifs is 1. The Morgan fingerprint density at radius 2 is 1.62 bits per heavy atom. The summed E-state index contributed by atoms with van der Waals surface area (Å²) in [6.07, 6.45) is 1.23. The molecule has 4 rings (SSSR count). The zero-order valence-corrected chi connectivity index (χ0v) is 18.0. The van der Waals surface area contributed by atoms with Gasteiger partial charge in [-0.1, -0.05) is 36.4 Å². The van der Waals surface area contributed by atoms with Crippen LogP contribution in [0, 0.1) is 0 Å². The molecule has 0 atom stereocenters. The number of rotatable bonds is 6. The van der Waals surface area contributed by atoms with Crippen molar-refractivity contribution in [3.05, 3.63) is 95.3 Å². The molecule has 1 N–H and O–H groups in total. The van der Waals surface area contributed by atoms with Gasteiger partial charge in [-0.2, -0.15) is 0 Å². The van der Waals surface area contributed by atoms with Crippen LogP contribution in [0.2, 0.25) is 0 Å². The fourth-order valence-electron chi connectivity index (χ4n) is 3.40. The van der Waals surface area contributed by atoms with Crippen molar-refractivity contribution in [3.8, 4) is 5.75 Å². The molecular weight excluding hydrogens is 428 g/mol. The number of carbonyl (C=O) groups is 1. The van der Waals surface area contributed by atoms with E-state index in [-0.39, 0.29) is 22.7 Å². The van der Waals surface area contributed by atoms with Gasteiger partial charge in [-0.3, -0.25) is 9.59 Å². The lowest BCUT2D eigenvalue weighted by Crippen LogP contribution is -2.24. The maximum atomic E-state index is 13.2. The number of para-hydroxylation sites is 1. The van der Waals surface area contributed by atoms with Crippen LogP contribution in [0.4, 0.5) is 5.69 Å². The Balaban J connectivity index is 1.86. The average Bonchev–Trinajstić information content (AvgIpc) is 2.81. The SMILES string of the molecule is COc1ccc2c(c1)c(=O)c(S(=O)(=O)c1ccccc1)cn2CC(=O)Nc1ccccc1. The van der Waals surface area contributed by atoms with E-state index in [1.165, 1.54) is 36.1 Å². The zero-order valence-electron chi connectivity index (χ0n) is 17.2. The van der Waals surface area contributed by atoms with E-state index in [4.69, 9.17) is 4.74 Å². The fourth-order valence-corrected chi connectivity index (χ4v) is 4.79. The van der Waals surface area contributed by atoms with E-state index in [0.717, 1.165) is 0 Å². The number of hydrogen-bond acceptors (Lipinski definition) is 5. The van der Waals surface area contributed by atoms with E-state index in [0.29, 0.717) is 17.0 Å². The number of hydrogen-bond donors (Lipinski definition) is 1. The van der Waals surface area contributed by atoms with Crippen LogP contribution in [0.25, 0.3) is 10.9 Å². The van der Waals surface area contributed by atoms with E-state index in [1.54, 1.807) is 54.6 Å². The van der Waals surface area contributed by atoms with Gasteiger partial charge in [-0.25, -0.2) is 8.42 Å². The molecule has 8 heteroatoms. The first-order valence-corrected chi connectivity index (χ1v) is 11.2. The van der Waals surface area contributed by atoms with Gasteiger partial charge in [0.25, 0.3) is 0 Å². The molecule has 1 amide bonds. The molecule has 32 heavy (non-hydrogen) atoms.